The molecule has 0 aliphatic heterocycles. The van der Waals surface area contributed by atoms with Crippen LogP contribution in [0.15, 0.2) is 24.3 Å². The normalized spacial score (nSPS) is 13.7. The summed E-state index contributed by atoms with van der Waals surface area (Å²) in [5.74, 6) is 0.496. The van der Waals surface area contributed by atoms with Crippen LogP contribution in [0.1, 0.15) is 29.0 Å². The summed E-state index contributed by atoms with van der Waals surface area (Å²) >= 11 is 1.13. The monoisotopic (exact) mass is 316 g/mol. The maximum Gasteiger partial charge on any atom is 0.259 e. The molecule has 2 amide bonds. The number of hydrogen-bond donors (Lipinski definition) is 1. The van der Waals surface area contributed by atoms with Gasteiger partial charge in [-0.25, -0.2) is 4.98 Å². The third-order valence-electron chi connectivity index (χ3n) is 3.52. The van der Waals surface area contributed by atoms with Crippen molar-refractivity contribution in [3.8, 4) is 0 Å². The first kappa shape index (κ1) is 14.6. The molecule has 114 valence electrons. The van der Waals surface area contributed by atoms with Crippen LogP contribution in [0, 0.1) is 12.8 Å². The van der Waals surface area contributed by atoms with Crippen LogP contribution in [-0.4, -0.2) is 28.2 Å². The van der Waals surface area contributed by atoms with Gasteiger partial charge in [0.05, 0.1) is 11.3 Å². The lowest BCUT2D eigenvalue weighted by Crippen LogP contribution is -2.29. The number of nitrogens with zero attached hydrogens (tertiary/aromatic N) is 3. The van der Waals surface area contributed by atoms with E-state index < -0.39 is 0 Å². The molecular formula is C15H16N4O2S. The van der Waals surface area contributed by atoms with E-state index in [4.69, 9.17) is 0 Å². The summed E-state index contributed by atoms with van der Waals surface area (Å²) in [6.07, 6.45) is 1.86. The van der Waals surface area contributed by atoms with Crippen LogP contribution in [0.5, 0.6) is 0 Å². The summed E-state index contributed by atoms with van der Waals surface area (Å²) in [6.45, 7) is 1.77. The maximum absolute atomic E-state index is 12.4. The molecule has 6 nitrogen and oxygen atoms in total. The van der Waals surface area contributed by atoms with E-state index in [2.05, 4.69) is 14.7 Å². The number of carbonyl (C=O) groups excluding carboxylic acids is 2. The Balaban J connectivity index is 1.83. The van der Waals surface area contributed by atoms with Crippen molar-refractivity contribution in [3.05, 3.63) is 35.7 Å². The van der Waals surface area contributed by atoms with Crippen molar-refractivity contribution >= 4 is 34.2 Å². The summed E-state index contributed by atoms with van der Waals surface area (Å²) in [4.78, 5) is 30.3. The van der Waals surface area contributed by atoms with Crippen LogP contribution in [-0.2, 0) is 4.79 Å². The highest BCUT2D eigenvalue weighted by atomic mass is 32.1. The third kappa shape index (κ3) is 2.99. The Morgan fingerprint density at radius 1 is 1.32 bits per heavy atom. The first-order chi connectivity index (χ1) is 10.6. The predicted octanol–water partition coefficient (Wildman–Crippen LogP) is 2.47. The van der Waals surface area contributed by atoms with Gasteiger partial charge in [0.2, 0.25) is 11.0 Å². The third-order valence-corrected chi connectivity index (χ3v) is 4.24. The highest BCUT2D eigenvalue weighted by Gasteiger charge is 2.33. The molecule has 2 aromatic rings. The van der Waals surface area contributed by atoms with E-state index in [-0.39, 0.29) is 17.7 Å². The van der Waals surface area contributed by atoms with Crippen molar-refractivity contribution in [2.24, 2.45) is 5.92 Å². The Morgan fingerprint density at radius 3 is 2.68 bits per heavy atom. The van der Waals surface area contributed by atoms with Crippen LogP contribution in [0.3, 0.4) is 0 Å². The minimum absolute atomic E-state index is 0.0620. The second kappa shape index (κ2) is 5.84. The molecule has 1 N–H and O–H groups in total. The SMILES string of the molecule is Cc1nsc(NC(=O)c2ccccc2N(C)C(=O)C2CC2)n1. The molecule has 1 aromatic carbocycles. The van der Waals surface area contributed by atoms with E-state index in [9.17, 15) is 9.59 Å². The number of carbonyl (C=O) groups is 2. The zero-order valence-corrected chi connectivity index (χ0v) is 13.2. The van der Waals surface area contributed by atoms with Crippen molar-refractivity contribution in [1.29, 1.82) is 0 Å². The molecule has 1 aromatic heterocycles. The zero-order chi connectivity index (χ0) is 15.7. The lowest BCUT2D eigenvalue weighted by atomic mass is 10.1. The molecule has 0 atom stereocenters. The number of para-hydroxylation sites is 1. The molecule has 0 radical (unpaired) electrons. The number of amides is 2. The molecule has 0 spiro atoms. The Kier molecular flexibility index (Phi) is 3.89. The van der Waals surface area contributed by atoms with Gasteiger partial charge in [-0.1, -0.05) is 12.1 Å². The smallest absolute Gasteiger partial charge is 0.259 e. The van der Waals surface area contributed by atoms with Gasteiger partial charge >= 0.3 is 0 Å². The van der Waals surface area contributed by atoms with E-state index >= 15 is 0 Å². The number of hydrogen-bond acceptors (Lipinski definition) is 5. The van der Waals surface area contributed by atoms with Gasteiger partial charge in [-0.2, -0.15) is 4.37 Å². The highest BCUT2D eigenvalue weighted by molar-refractivity contribution is 7.09. The molecule has 1 aliphatic rings. The standard InChI is InChI=1S/C15H16N4O2S/c1-9-16-15(22-18-9)17-13(20)11-5-3-4-6-12(11)19(2)14(21)10-7-8-10/h3-6,10H,7-8H2,1-2H3,(H,16,17,18,20). The topological polar surface area (TPSA) is 75.2 Å². The molecule has 0 bridgehead atoms. The van der Waals surface area contributed by atoms with Gasteiger partial charge in [0.1, 0.15) is 5.82 Å². The summed E-state index contributed by atoms with van der Waals surface area (Å²) in [6, 6.07) is 7.08. The van der Waals surface area contributed by atoms with Crippen LogP contribution in [0.4, 0.5) is 10.8 Å². The van der Waals surface area contributed by atoms with E-state index in [0.29, 0.717) is 22.2 Å². The highest BCUT2D eigenvalue weighted by Crippen LogP contribution is 2.33. The van der Waals surface area contributed by atoms with E-state index in [1.165, 1.54) is 0 Å². The van der Waals surface area contributed by atoms with E-state index in [1.54, 1.807) is 37.1 Å². The number of anilines is 2. The van der Waals surface area contributed by atoms with Crippen LogP contribution in [0.25, 0.3) is 0 Å². The molecule has 3 rings (SSSR count). The number of benzene rings is 1. The molecule has 1 aliphatic carbocycles. The van der Waals surface area contributed by atoms with Crippen molar-refractivity contribution in [2.75, 3.05) is 17.3 Å². The van der Waals surface area contributed by atoms with Crippen LogP contribution >= 0.6 is 11.5 Å². The molecular weight excluding hydrogens is 300 g/mol. The number of rotatable bonds is 4. The van der Waals surface area contributed by atoms with Gasteiger partial charge in [-0.05, 0) is 31.9 Å². The summed E-state index contributed by atoms with van der Waals surface area (Å²) in [5.41, 5.74) is 1.06. The van der Waals surface area contributed by atoms with E-state index in [1.807, 2.05) is 6.07 Å². The Labute approximate surface area is 132 Å². The number of nitrogens with one attached hydrogen (secondary N) is 1. The minimum Gasteiger partial charge on any atom is -0.314 e. The van der Waals surface area contributed by atoms with Crippen molar-refractivity contribution in [1.82, 2.24) is 9.36 Å². The summed E-state index contributed by atoms with van der Waals surface area (Å²) < 4.78 is 4.03. The van der Waals surface area contributed by atoms with Crippen LogP contribution < -0.4 is 10.2 Å². The van der Waals surface area contributed by atoms with Gasteiger partial charge in [0.15, 0.2) is 0 Å². The second-order valence-corrected chi connectivity index (χ2v) is 6.04. The molecule has 1 fully saturated rings. The van der Waals surface area contributed by atoms with Gasteiger partial charge in [-0.15, -0.1) is 0 Å². The van der Waals surface area contributed by atoms with Gasteiger partial charge < -0.3 is 4.90 Å². The van der Waals surface area contributed by atoms with Crippen molar-refractivity contribution in [3.63, 3.8) is 0 Å². The van der Waals surface area contributed by atoms with Gasteiger partial charge in [0, 0.05) is 24.5 Å². The maximum atomic E-state index is 12.4. The fraction of sp³-hybridized carbons (Fsp3) is 0.333. The fourth-order valence-electron chi connectivity index (χ4n) is 2.19. The summed E-state index contributed by atoms with van der Waals surface area (Å²) in [7, 11) is 1.71. The Hall–Kier alpha value is -2.28. The zero-order valence-electron chi connectivity index (χ0n) is 12.4. The average molecular weight is 316 g/mol. The lowest BCUT2D eigenvalue weighted by molar-refractivity contribution is -0.119. The largest absolute Gasteiger partial charge is 0.314 e. The first-order valence-corrected chi connectivity index (χ1v) is 7.82. The quantitative estimate of drug-likeness (QED) is 0.940. The second-order valence-electron chi connectivity index (χ2n) is 5.29. The molecule has 22 heavy (non-hydrogen) atoms. The first-order valence-electron chi connectivity index (χ1n) is 7.04. The minimum atomic E-state index is -0.290. The van der Waals surface area contributed by atoms with E-state index in [0.717, 1.165) is 24.4 Å². The average Bonchev–Trinajstić information content (AvgIpc) is 3.29. The van der Waals surface area contributed by atoms with Crippen molar-refractivity contribution < 1.29 is 9.59 Å². The Morgan fingerprint density at radius 2 is 2.05 bits per heavy atom. The lowest BCUT2D eigenvalue weighted by Gasteiger charge is -2.20. The molecule has 7 heteroatoms. The fourth-order valence-corrected chi connectivity index (χ4v) is 2.76. The van der Waals surface area contributed by atoms with Crippen LogP contribution in [0.2, 0.25) is 0 Å². The van der Waals surface area contributed by atoms with Gasteiger partial charge in [0.25, 0.3) is 5.91 Å². The molecule has 0 saturated heterocycles. The predicted molar refractivity (Wildman–Crippen MR) is 85.2 cm³/mol. The number of aromatic nitrogens is 2. The molecule has 0 unspecified atom stereocenters. The molecule has 1 heterocycles. The summed E-state index contributed by atoms with van der Waals surface area (Å²) in [5, 5.41) is 3.18. The Bertz CT molecular complexity index is 724. The number of aryl methyl sites for hydroxylation is 1. The molecule has 1 saturated carbocycles. The van der Waals surface area contributed by atoms with Crippen molar-refractivity contribution in [2.45, 2.75) is 19.8 Å². The van der Waals surface area contributed by atoms with Gasteiger partial charge in [-0.3, -0.25) is 14.9 Å².